The van der Waals surface area contributed by atoms with Crippen molar-refractivity contribution in [2.75, 3.05) is 6.54 Å². The van der Waals surface area contributed by atoms with Crippen LogP contribution in [0.1, 0.15) is 62.8 Å². The normalized spacial score (nSPS) is 20.3. The highest BCUT2D eigenvalue weighted by Gasteiger charge is 2.31. The SMILES string of the molecule is Cc1cc([C@H]2CCCN2Cc2noc(C(C)(C)C)n2)on1. The largest absolute Gasteiger partial charge is 0.359 e. The predicted octanol–water partition coefficient (Wildman–Crippen LogP) is 3.00. The fourth-order valence-electron chi connectivity index (χ4n) is 2.68. The van der Waals surface area contributed by atoms with Gasteiger partial charge in [-0.05, 0) is 26.3 Å². The van der Waals surface area contributed by atoms with E-state index in [1.165, 1.54) is 0 Å². The molecule has 114 valence electrons. The van der Waals surface area contributed by atoms with Crippen molar-refractivity contribution in [3.63, 3.8) is 0 Å². The van der Waals surface area contributed by atoms with Crippen LogP contribution in [0.25, 0.3) is 0 Å². The van der Waals surface area contributed by atoms with Crippen molar-refractivity contribution in [3.8, 4) is 0 Å². The Hall–Kier alpha value is -1.69. The van der Waals surface area contributed by atoms with Crippen molar-refractivity contribution in [2.24, 2.45) is 0 Å². The highest BCUT2D eigenvalue weighted by Crippen LogP contribution is 2.33. The zero-order chi connectivity index (χ0) is 15.0. The van der Waals surface area contributed by atoms with E-state index in [-0.39, 0.29) is 11.5 Å². The molecule has 0 saturated carbocycles. The lowest BCUT2D eigenvalue weighted by molar-refractivity contribution is 0.200. The molecule has 0 radical (unpaired) electrons. The molecule has 0 aliphatic carbocycles. The fourth-order valence-corrected chi connectivity index (χ4v) is 2.68. The zero-order valence-electron chi connectivity index (χ0n) is 13.1. The van der Waals surface area contributed by atoms with Gasteiger partial charge in [-0.25, -0.2) is 0 Å². The second-order valence-corrected chi connectivity index (χ2v) is 6.76. The van der Waals surface area contributed by atoms with Crippen LogP contribution in [0.5, 0.6) is 0 Å². The van der Waals surface area contributed by atoms with E-state index in [9.17, 15) is 0 Å². The van der Waals surface area contributed by atoms with Crippen molar-refractivity contribution < 1.29 is 9.05 Å². The third-order valence-corrected chi connectivity index (χ3v) is 3.79. The number of likely N-dealkylation sites (tertiary alicyclic amines) is 1. The van der Waals surface area contributed by atoms with Gasteiger partial charge >= 0.3 is 0 Å². The Balaban J connectivity index is 1.73. The van der Waals surface area contributed by atoms with Crippen LogP contribution in [0.2, 0.25) is 0 Å². The summed E-state index contributed by atoms with van der Waals surface area (Å²) < 4.78 is 10.8. The monoisotopic (exact) mass is 290 g/mol. The summed E-state index contributed by atoms with van der Waals surface area (Å²) in [6.45, 7) is 9.86. The summed E-state index contributed by atoms with van der Waals surface area (Å²) >= 11 is 0. The molecule has 1 aliphatic rings. The first-order chi connectivity index (χ1) is 9.93. The molecule has 0 N–H and O–H groups in total. The topological polar surface area (TPSA) is 68.2 Å². The molecule has 0 bridgehead atoms. The van der Waals surface area contributed by atoms with Crippen LogP contribution in [0.3, 0.4) is 0 Å². The van der Waals surface area contributed by atoms with E-state index in [4.69, 9.17) is 9.05 Å². The minimum Gasteiger partial charge on any atom is -0.359 e. The van der Waals surface area contributed by atoms with Gasteiger partial charge in [0.25, 0.3) is 0 Å². The Morgan fingerprint density at radius 2 is 2.10 bits per heavy atom. The molecule has 2 aromatic heterocycles. The summed E-state index contributed by atoms with van der Waals surface area (Å²) in [6.07, 6.45) is 2.23. The summed E-state index contributed by atoms with van der Waals surface area (Å²) in [5.41, 5.74) is 0.809. The molecule has 0 amide bonds. The lowest BCUT2D eigenvalue weighted by atomic mass is 9.97. The second-order valence-electron chi connectivity index (χ2n) is 6.76. The Kier molecular flexibility index (Phi) is 3.57. The first kappa shape index (κ1) is 14.3. The Bertz CT molecular complexity index is 611. The van der Waals surface area contributed by atoms with E-state index < -0.39 is 0 Å². The van der Waals surface area contributed by atoms with Gasteiger partial charge in [-0.2, -0.15) is 4.98 Å². The molecule has 2 aromatic rings. The van der Waals surface area contributed by atoms with Crippen LogP contribution >= 0.6 is 0 Å². The summed E-state index contributed by atoms with van der Waals surface area (Å²) in [7, 11) is 0. The fraction of sp³-hybridized carbons (Fsp3) is 0.667. The molecule has 6 heteroatoms. The summed E-state index contributed by atoms with van der Waals surface area (Å²) in [4.78, 5) is 6.84. The Labute approximate surface area is 124 Å². The van der Waals surface area contributed by atoms with Gasteiger partial charge in [-0.1, -0.05) is 31.1 Å². The van der Waals surface area contributed by atoms with Gasteiger partial charge in [0.2, 0.25) is 5.89 Å². The van der Waals surface area contributed by atoms with E-state index in [0.717, 1.165) is 36.7 Å². The minimum absolute atomic E-state index is 0.113. The summed E-state index contributed by atoms with van der Waals surface area (Å²) in [6, 6.07) is 2.28. The standard InChI is InChI=1S/C15H22N4O2/c1-10-8-12(20-17-10)11-6-5-7-19(11)9-13-16-14(21-18-13)15(2,3)4/h8,11H,5-7,9H2,1-4H3/t11-/m1/s1. The van der Waals surface area contributed by atoms with Crippen LogP contribution < -0.4 is 0 Å². The van der Waals surface area contributed by atoms with E-state index in [2.05, 4.69) is 41.0 Å². The van der Waals surface area contributed by atoms with Crippen LogP contribution in [-0.4, -0.2) is 26.7 Å². The average Bonchev–Trinajstić information content (AvgIpc) is 3.08. The predicted molar refractivity (Wildman–Crippen MR) is 76.6 cm³/mol. The number of aromatic nitrogens is 3. The maximum Gasteiger partial charge on any atom is 0.232 e. The molecule has 6 nitrogen and oxygen atoms in total. The number of aryl methyl sites for hydroxylation is 1. The molecule has 1 aliphatic heterocycles. The van der Waals surface area contributed by atoms with Gasteiger partial charge in [0.05, 0.1) is 18.3 Å². The molecule has 0 unspecified atom stereocenters. The van der Waals surface area contributed by atoms with Crippen LogP contribution in [0, 0.1) is 6.92 Å². The number of hydrogen-bond acceptors (Lipinski definition) is 6. The lowest BCUT2D eigenvalue weighted by Gasteiger charge is -2.20. The summed E-state index contributed by atoms with van der Waals surface area (Å²) in [5.74, 6) is 2.36. The van der Waals surface area contributed by atoms with Gasteiger partial charge in [0, 0.05) is 11.5 Å². The third kappa shape index (κ3) is 3.00. The maximum absolute atomic E-state index is 5.42. The molecule has 21 heavy (non-hydrogen) atoms. The molecule has 1 atom stereocenters. The van der Waals surface area contributed by atoms with Gasteiger partial charge < -0.3 is 9.05 Å². The van der Waals surface area contributed by atoms with E-state index in [0.29, 0.717) is 12.4 Å². The van der Waals surface area contributed by atoms with Gasteiger partial charge in [0.1, 0.15) is 0 Å². The third-order valence-electron chi connectivity index (χ3n) is 3.79. The first-order valence-corrected chi connectivity index (χ1v) is 7.44. The van der Waals surface area contributed by atoms with Crippen molar-refractivity contribution in [1.82, 2.24) is 20.2 Å². The Morgan fingerprint density at radius 1 is 1.29 bits per heavy atom. The molecule has 3 rings (SSSR count). The first-order valence-electron chi connectivity index (χ1n) is 7.44. The molecular formula is C15H22N4O2. The summed E-state index contributed by atoms with van der Waals surface area (Å²) in [5, 5.41) is 8.09. The van der Waals surface area contributed by atoms with Crippen molar-refractivity contribution in [2.45, 2.75) is 58.5 Å². The number of rotatable bonds is 3. The second kappa shape index (κ2) is 5.26. The van der Waals surface area contributed by atoms with Crippen LogP contribution in [-0.2, 0) is 12.0 Å². The molecular weight excluding hydrogens is 268 g/mol. The maximum atomic E-state index is 5.42. The van der Waals surface area contributed by atoms with Gasteiger partial charge in [-0.15, -0.1) is 0 Å². The molecule has 0 spiro atoms. The van der Waals surface area contributed by atoms with Gasteiger partial charge in [0.15, 0.2) is 11.6 Å². The Morgan fingerprint density at radius 3 is 2.71 bits per heavy atom. The highest BCUT2D eigenvalue weighted by molar-refractivity contribution is 5.10. The van der Waals surface area contributed by atoms with E-state index in [1.807, 2.05) is 13.0 Å². The van der Waals surface area contributed by atoms with Gasteiger partial charge in [-0.3, -0.25) is 4.90 Å². The molecule has 1 fully saturated rings. The smallest absolute Gasteiger partial charge is 0.232 e. The van der Waals surface area contributed by atoms with E-state index >= 15 is 0 Å². The quantitative estimate of drug-likeness (QED) is 0.865. The number of nitrogens with zero attached hydrogens (tertiary/aromatic N) is 4. The molecule has 1 saturated heterocycles. The van der Waals surface area contributed by atoms with E-state index in [1.54, 1.807) is 0 Å². The average molecular weight is 290 g/mol. The highest BCUT2D eigenvalue weighted by atomic mass is 16.5. The molecule has 3 heterocycles. The van der Waals surface area contributed by atoms with Crippen LogP contribution in [0.4, 0.5) is 0 Å². The van der Waals surface area contributed by atoms with Crippen molar-refractivity contribution >= 4 is 0 Å². The lowest BCUT2D eigenvalue weighted by Crippen LogP contribution is -2.23. The van der Waals surface area contributed by atoms with Crippen LogP contribution in [0.15, 0.2) is 15.1 Å². The van der Waals surface area contributed by atoms with Crippen molar-refractivity contribution in [3.05, 3.63) is 29.2 Å². The number of hydrogen-bond donors (Lipinski definition) is 0. The minimum atomic E-state index is -0.113. The van der Waals surface area contributed by atoms with Crippen molar-refractivity contribution in [1.29, 1.82) is 0 Å². The molecule has 0 aromatic carbocycles. The zero-order valence-corrected chi connectivity index (χ0v) is 13.1.